The predicted octanol–water partition coefficient (Wildman–Crippen LogP) is 1.94. The largest absolute Gasteiger partial charge is 0.477 e. The smallest absolute Gasteiger partial charge is 0.343 e. The molecule has 6 heteroatoms. The minimum atomic E-state index is -1.25. The quantitative estimate of drug-likeness (QED) is 0.801. The molecule has 3 aromatic rings. The van der Waals surface area contributed by atoms with Crippen molar-refractivity contribution in [2.24, 2.45) is 7.05 Å². The lowest BCUT2D eigenvalue weighted by atomic mass is 10.1. The first-order valence-corrected chi connectivity index (χ1v) is 6.62. The minimum Gasteiger partial charge on any atom is -0.477 e. The van der Waals surface area contributed by atoms with Gasteiger partial charge in [-0.1, -0.05) is 18.2 Å². The lowest BCUT2D eigenvalue weighted by Crippen LogP contribution is -2.22. The molecule has 0 amide bonds. The average molecular weight is 295 g/mol. The maximum absolute atomic E-state index is 12.6. The van der Waals surface area contributed by atoms with Crippen molar-refractivity contribution >= 4 is 5.97 Å². The van der Waals surface area contributed by atoms with Crippen LogP contribution in [0.15, 0.2) is 59.7 Å². The molecular formula is C16H13N3O3. The summed E-state index contributed by atoms with van der Waals surface area (Å²) in [6, 6.07) is 12.3. The Morgan fingerprint density at radius 1 is 1.09 bits per heavy atom. The summed E-state index contributed by atoms with van der Waals surface area (Å²) in [5, 5.41) is 9.45. The average Bonchev–Trinajstić information content (AvgIpc) is 2.80. The van der Waals surface area contributed by atoms with Gasteiger partial charge in [0.05, 0.1) is 11.4 Å². The molecule has 0 radical (unpaired) electrons. The van der Waals surface area contributed by atoms with Gasteiger partial charge in [-0.3, -0.25) is 14.5 Å². The lowest BCUT2D eigenvalue weighted by molar-refractivity contribution is 0.0696. The standard InChI is InChI=1S/C16H13N3O3/c1-18-14(11-7-9-17-10-8-11)13(16(21)22)15(20)19(18)12-5-3-2-4-6-12/h2-10H,1H3,(H,21,22). The molecule has 110 valence electrons. The van der Waals surface area contributed by atoms with Crippen molar-refractivity contribution in [1.82, 2.24) is 14.3 Å². The Morgan fingerprint density at radius 2 is 1.73 bits per heavy atom. The number of carboxylic acid groups (broad SMARTS) is 1. The van der Waals surface area contributed by atoms with E-state index in [1.165, 1.54) is 4.68 Å². The van der Waals surface area contributed by atoms with Crippen LogP contribution in [0.4, 0.5) is 0 Å². The summed E-state index contributed by atoms with van der Waals surface area (Å²) < 4.78 is 2.90. The number of nitrogens with zero attached hydrogens (tertiary/aromatic N) is 3. The number of aromatic nitrogens is 3. The lowest BCUT2D eigenvalue weighted by Gasteiger charge is -2.10. The molecule has 22 heavy (non-hydrogen) atoms. The Hall–Kier alpha value is -3.15. The molecule has 0 unspecified atom stereocenters. The normalized spacial score (nSPS) is 10.6. The van der Waals surface area contributed by atoms with E-state index in [1.54, 1.807) is 60.5 Å². The highest BCUT2D eigenvalue weighted by Crippen LogP contribution is 2.22. The number of carbonyl (C=O) groups is 1. The summed E-state index contributed by atoms with van der Waals surface area (Å²) in [6.07, 6.45) is 3.12. The van der Waals surface area contributed by atoms with E-state index in [4.69, 9.17) is 0 Å². The van der Waals surface area contributed by atoms with Crippen molar-refractivity contribution in [1.29, 1.82) is 0 Å². The van der Waals surface area contributed by atoms with Gasteiger partial charge in [0.25, 0.3) is 5.56 Å². The van der Waals surface area contributed by atoms with Crippen molar-refractivity contribution in [3.05, 3.63) is 70.8 Å². The van der Waals surface area contributed by atoms with Gasteiger partial charge in [-0.15, -0.1) is 0 Å². The highest BCUT2D eigenvalue weighted by molar-refractivity contribution is 5.94. The van der Waals surface area contributed by atoms with Crippen LogP contribution in [-0.2, 0) is 7.05 Å². The van der Waals surface area contributed by atoms with Gasteiger partial charge in [0.1, 0.15) is 0 Å². The molecule has 0 saturated heterocycles. The number of aromatic carboxylic acids is 1. The molecule has 0 atom stereocenters. The van der Waals surface area contributed by atoms with E-state index < -0.39 is 11.5 Å². The molecule has 0 bridgehead atoms. The summed E-state index contributed by atoms with van der Waals surface area (Å²) >= 11 is 0. The zero-order valence-corrected chi connectivity index (χ0v) is 11.8. The first-order chi connectivity index (χ1) is 10.6. The van der Waals surface area contributed by atoms with Gasteiger partial charge >= 0.3 is 5.97 Å². The Labute approximate surface area is 125 Å². The Balaban J connectivity index is 2.37. The monoisotopic (exact) mass is 295 g/mol. The summed E-state index contributed by atoms with van der Waals surface area (Å²) in [7, 11) is 1.66. The van der Waals surface area contributed by atoms with E-state index in [1.807, 2.05) is 6.07 Å². The molecule has 0 fully saturated rings. The van der Waals surface area contributed by atoms with E-state index in [0.29, 0.717) is 16.9 Å². The number of benzene rings is 1. The fourth-order valence-corrected chi connectivity index (χ4v) is 2.50. The van der Waals surface area contributed by atoms with Gasteiger partial charge in [0.2, 0.25) is 0 Å². The second-order valence-electron chi connectivity index (χ2n) is 4.74. The van der Waals surface area contributed by atoms with E-state index in [9.17, 15) is 14.7 Å². The van der Waals surface area contributed by atoms with E-state index in [0.717, 1.165) is 0 Å². The highest BCUT2D eigenvalue weighted by Gasteiger charge is 2.25. The van der Waals surface area contributed by atoms with Gasteiger partial charge in [0, 0.05) is 25.0 Å². The van der Waals surface area contributed by atoms with Crippen molar-refractivity contribution in [2.45, 2.75) is 0 Å². The Bertz CT molecular complexity index is 880. The molecule has 0 aliphatic heterocycles. The molecule has 1 N–H and O–H groups in total. The van der Waals surface area contributed by atoms with Crippen LogP contribution < -0.4 is 5.56 Å². The first-order valence-electron chi connectivity index (χ1n) is 6.62. The van der Waals surface area contributed by atoms with Gasteiger partial charge in [-0.25, -0.2) is 9.48 Å². The molecule has 6 nitrogen and oxygen atoms in total. The molecule has 2 heterocycles. The van der Waals surface area contributed by atoms with Crippen molar-refractivity contribution in [3.8, 4) is 16.9 Å². The zero-order chi connectivity index (χ0) is 15.7. The fraction of sp³-hybridized carbons (Fsp3) is 0.0625. The molecule has 0 aliphatic rings. The van der Waals surface area contributed by atoms with Crippen LogP contribution in [0.2, 0.25) is 0 Å². The zero-order valence-electron chi connectivity index (χ0n) is 11.8. The third-order valence-corrected chi connectivity index (χ3v) is 3.44. The summed E-state index contributed by atoms with van der Waals surface area (Å²) in [6.45, 7) is 0. The van der Waals surface area contributed by atoms with Gasteiger partial charge in [-0.2, -0.15) is 0 Å². The third kappa shape index (κ3) is 2.10. The van der Waals surface area contributed by atoms with Crippen molar-refractivity contribution in [2.75, 3.05) is 0 Å². The molecule has 0 saturated carbocycles. The van der Waals surface area contributed by atoms with Crippen LogP contribution >= 0.6 is 0 Å². The van der Waals surface area contributed by atoms with Crippen molar-refractivity contribution in [3.63, 3.8) is 0 Å². The Kier molecular flexibility index (Phi) is 3.34. The second-order valence-corrected chi connectivity index (χ2v) is 4.74. The van der Waals surface area contributed by atoms with Crippen LogP contribution in [0.5, 0.6) is 0 Å². The fourth-order valence-electron chi connectivity index (χ4n) is 2.50. The maximum atomic E-state index is 12.6. The summed E-state index contributed by atoms with van der Waals surface area (Å²) in [5.74, 6) is -1.25. The van der Waals surface area contributed by atoms with E-state index in [2.05, 4.69) is 4.98 Å². The molecule has 2 aromatic heterocycles. The van der Waals surface area contributed by atoms with Gasteiger partial charge in [-0.05, 0) is 24.3 Å². The number of pyridine rings is 1. The topological polar surface area (TPSA) is 77.1 Å². The number of rotatable bonds is 3. The van der Waals surface area contributed by atoms with Crippen LogP contribution in [-0.4, -0.2) is 25.4 Å². The van der Waals surface area contributed by atoms with Crippen LogP contribution in [0.3, 0.4) is 0 Å². The minimum absolute atomic E-state index is 0.252. The SMILES string of the molecule is Cn1c(-c2ccncc2)c(C(=O)O)c(=O)n1-c1ccccc1. The third-order valence-electron chi connectivity index (χ3n) is 3.44. The summed E-state index contributed by atoms with van der Waals surface area (Å²) in [5.41, 5.74) is 0.772. The van der Waals surface area contributed by atoms with E-state index >= 15 is 0 Å². The van der Waals surface area contributed by atoms with Crippen LogP contribution in [0.1, 0.15) is 10.4 Å². The van der Waals surface area contributed by atoms with E-state index in [-0.39, 0.29) is 5.56 Å². The van der Waals surface area contributed by atoms with Crippen LogP contribution in [0.25, 0.3) is 16.9 Å². The second kappa shape index (κ2) is 5.33. The Morgan fingerprint density at radius 3 is 2.32 bits per heavy atom. The van der Waals surface area contributed by atoms with Gasteiger partial charge < -0.3 is 5.11 Å². The van der Waals surface area contributed by atoms with Crippen molar-refractivity contribution < 1.29 is 9.90 Å². The van der Waals surface area contributed by atoms with Gasteiger partial charge in [0.15, 0.2) is 5.56 Å². The number of para-hydroxylation sites is 1. The number of carboxylic acids is 1. The first kappa shape index (κ1) is 13.8. The molecular weight excluding hydrogens is 282 g/mol. The number of hydrogen-bond acceptors (Lipinski definition) is 3. The number of hydrogen-bond donors (Lipinski definition) is 1. The molecule has 1 aromatic carbocycles. The summed E-state index contributed by atoms with van der Waals surface area (Å²) in [4.78, 5) is 28.1. The maximum Gasteiger partial charge on any atom is 0.343 e. The highest BCUT2D eigenvalue weighted by atomic mass is 16.4. The molecule has 0 aliphatic carbocycles. The molecule has 0 spiro atoms. The van der Waals surface area contributed by atoms with Crippen LogP contribution in [0, 0.1) is 0 Å². The predicted molar refractivity (Wildman–Crippen MR) is 81.2 cm³/mol. The molecule has 3 rings (SSSR count).